The molecule has 116 valence electrons. The van der Waals surface area contributed by atoms with Gasteiger partial charge in [0.05, 0.1) is 13.2 Å². The van der Waals surface area contributed by atoms with Gasteiger partial charge in [0.15, 0.2) is 0 Å². The van der Waals surface area contributed by atoms with Gasteiger partial charge >= 0.3 is 5.97 Å². The van der Waals surface area contributed by atoms with E-state index < -0.39 is 5.97 Å². The van der Waals surface area contributed by atoms with Crippen LogP contribution in [0.25, 0.3) is 6.08 Å². The highest BCUT2D eigenvalue weighted by Crippen LogP contribution is 2.13. The van der Waals surface area contributed by atoms with Crippen molar-refractivity contribution in [3.8, 4) is 5.75 Å². The van der Waals surface area contributed by atoms with Crippen molar-refractivity contribution in [3.05, 3.63) is 35.6 Å². The van der Waals surface area contributed by atoms with Crippen molar-refractivity contribution in [2.75, 3.05) is 7.11 Å². The number of ether oxygens (including phenoxy) is 1. The van der Waals surface area contributed by atoms with Crippen LogP contribution in [0.1, 0.15) is 37.7 Å². The van der Waals surface area contributed by atoms with Crippen molar-refractivity contribution < 1.29 is 25.5 Å². The highest BCUT2D eigenvalue weighted by Gasteiger charge is 2.09. The second-order valence-corrected chi connectivity index (χ2v) is 5.09. The maximum atomic E-state index is 10.7. The molecule has 0 unspecified atom stereocenters. The minimum absolute atomic E-state index is 0.114. The molecule has 1 aromatic rings. The molecule has 1 saturated carbocycles. The zero-order valence-electron chi connectivity index (χ0n) is 12.4. The first-order valence-corrected chi connectivity index (χ1v) is 7.12. The topological polar surface area (TPSA) is 97.2 Å². The molecule has 1 aliphatic rings. The van der Waals surface area contributed by atoms with Crippen molar-refractivity contribution in [2.24, 2.45) is 0 Å². The lowest BCUT2D eigenvalue weighted by Gasteiger charge is -2.12. The number of benzene rings is 1. The molecular formula is C16H23NO4. The third-order valence-corrected chi connectivity index (χ3v) is 3.33. The molecule has 0 bridgehead atoms. The van der Waals surface area contributed by atoms with E-state index in [9.17, 15) is 9.90 Å². The molecule has 0 spiro atoms. The maximum absolute atomic E-state index is 10.7. The van der Waals surface area contributed by atoms with Crippen molar-refractivity contribution in [1.82, 2.24) is 0 Å². The summed E-state index contributed by atoms with van der Waals surface area (Å²) in [5.74, 6) is -1.42. The van der Waals surface area contributed by atoms with Crippen LogP contribution in [0, 0.1) is 0 Å². The minimum Gasteiger partial charge on any atom is -0.872 e. The molecule has 0 aromatic heterocycles. The lowest BCUT2D eigenvalue weighted by atomic mass is 9.97. The van der Waals surface area contributed by atoms with Crippen LogP contribution in [-0.2, 0) is 9.53 Å². The van der Waals surface area contributed by atoms with E-state index in [0.29, 0.717) is 5.56 Å². The van der Waals surface area contributed by atoms with Crippen LogP contribution >= 0.6 is 0 Å². The number of hydrogen-bond acceptors (Lipinski definition) is 3. The van der Waals surface area contributed by atoms with Gasteiger partial charge in [-0.1, -0.05) is 30.7 Å². The Morgan fingerprint density at radius 2 is 1.86 bits per heavy atom. The van der Waals surface area contributed by atoms with Gasteiger partial charge in [-0.05, 0) is 37.3 Å². The molecule has 4 N–H and O–H groups in total. The summed E-state index contributed by atoms with van der Waals surface area (Å²) in [6.45, 7) is 0. The van der Waals surface area contributed by atoms with Crippen LogP contribution in [0.2, 0.25) is 0 Å². The zero-order chi connectivity index (χ0) is 15.7. The van der Waals surface area contributed by atoms with Crippen LogP contribution in [0.4, 0.5) is 0 Å². The van der Waals surface area contributed by atoms with Gasteiger partial charge in [0, 0.05) is 0 Å². The average Bonchev–Trinajstić information content (AvgIpc) is 2.48. The molecule has 21 heavy (non-hydrogen) atoms. The lowest BCUT2D eigenvalue weighted by molar-refractivity contribution is -0.425. The van der Waals surface area contributed by atoms with Crippen molar-refractivity contribution in [3.63, 3.8) is 0 Å². The minimum atomic E-state index is -1.14. The highest BCUT2D eigenvalue weighted by atomic mass is 16.5. The van der Waals surface area contributed by atoms with Gasteiger partial charge in [-0.2, -0.15) is 0 Å². The Kier molecular flexibility index (Phi) is 7.32. The monoisotopic (exact) mass is 293 g/mol. The molecule has 1 aromatic carbocycles. The van der Waals surface area contributed by atoms with Gasteiger partial charge in [-0.3, -0.25) is 0 Å². The normalized spacial score (nSPS) is 15.8. The second-order valence-electron chi connectivity index (χ2n) is 5.09. The number of carboxylic acids is 1. The van der Waals surface area contributed by atoms with Crippen molar-refractivity contribution >= 4 is 12.0 Å². The molecule has 5 heteroatoms. The fourth-order valence-electron chi connectivity index (χ4n) is 2.11. The molecule has 5 nitrogen and oxygen atoms in total. The van der Waals surface area contributed by atoms with E-state index >= 15 is 0 Å². The van der Waals surface area contributed by atoms with E-state index in [0.717, 1.165) is 6.04 Å². The number of carboxylic acid groups (broad SMARTS) is 1. The number of aliphatic carboxylic acids is 1. The van der Waals surface area contributed by atoms with Gasteiger partial charge < -0.3 is 20.7 Å². The Bertz CT molecular complexity index is 462. The number of quaternary nitrogens is 1. The molecule has 2 rings (SSSR count). The Balaban J connectivity index is 0.000000262. The first kappa shape index (κ1) is 17.0. The summed E-state index contributed by atoms with van der Waals surface area (Å²) in [4.78, 5) is 10.5. The molecule has 0 amide bonds. The fourth-order valence-corrected chi connectivity index (χ4v) is 2.11. The molecular weight excluding hydrogens is 270 g/mol. The summed E-state index contributed by atoms with van der Waals surface area (Å²) < 4.78 is 4.63. The average molecular weight is 293 g/mol. The third-order valence-electron chi connectivity index (χ3n) is 3.33. The third kappa shape index (κ3) is 6.81. The Hall–Kier alpha value is -2.01. The quantitative estimate of drug-likeness (QED) is 0.650. The van der Waals surface area contributed by atoms with Gasteiger partial charge in [0.2, 0.25) is 5.76 Å². The highest BCUT2D eigenvalue weighted by molar-refractivity contribution is 5.89. The lowest BCUT2D eigenvalue weighted by Crippen LogP contribution is -2.61. The summed E-state index contributed by atoms with van der Waals surface area (Å²) >= 11 is 0. The van der Waals surface area contributed by atoms with Crippen LogP contribution in [-0.4, -0.2) is 24.2 Å². The van der Waals surface area contributed by atoms with Crippen molar-refractivity contribution in [2.45, 2.75) is 38.1 Å². The SMILES string of the molecule is CO/C(=C\c1ccc([O-])cc1)C(=O)O.[NH3+]C1CCCCC1. The van der Waals surface area contributed by atoms with E-state index in [2.05, 4.69) is 10.5 Å². The van der Waals surface area contributed by atoms with Gasteiger partial charge in [0.25, 0.3) is 0 Å². The molecule has 1 fully saturated rings. The van der Waals surface area contributed by atoms with Gasteiger partial charge in [0.1, 0.15) is 0 Å². The van der Waals surface area contributed by atoms with E-state index in [4.69, 9.17) is 5.11 Å². The summed E-state index contributed by atoms with van der Waals surface area (Å²) in [6, 6.07) is 6.57. The number of methoxy groups -OCH3 is 1. The van der Waals surface area contributed by atoms with Crippen LogP contribution in [0.5, 0.6) is 5.75 Å². The van der Waals surface area contributed by atoms with Crippen LogP contribution < -0.4 is 10.8 Å². The summed E-state index contributed by atoms with van der Waals surface area (Å²) in [5, 5.41) is 19.4. The number of carbonyl (C=O) groups is 1. The molecule has 0 radical (unpaired) electrons. The van der Waals surface area contributed by atoms with E-state index in [1.165, 1.54) is 69.6 Å². The Morgan fingerprint density at radius 3 is 2.24 bits per heavy atom. The Labute approximate surface area is 125 Å². The first-order chi connectivity index (χ1) is 10.0. The van der Waals surface area contributed by atoms with E-state index in [-0.39, 0.29) is 11.5 Å². The zero-order valence-corrected chi connectivity index (χ0v) is 12.4. The molecule has 1 aliphatic carbocycles. The molecule has 0 saturated heterocycles. The van der Waals surface area contributed by atoms with Gasteiger partial charge in [-0.15, -0.1) is 5.75 Å². The predicted octanol–water partition coefficient (Wildman–Crippen LogP) is 1.39. The summed E-state index contributed by atoms with van der Waals surface area (Å²) in [5.41, 5.74) is 4.61. The standard InChI is InChI=1S/C10H10O4.C6H13N/c1-14-9(10(12)13)6-7-2-4-8(11)5-3-7;7-6-4-2-1-3-5-6/h2-6,11H,1H3,(H,12,13);6H,1-5,7H2/b9-6-;. The first-order valence-electron chi connectivity index (χ1n) is 7.12. The van der Waals surface area contributed by atoms with Crippen LogP contribution in [0.3, 0.4) is 0 Å². The molecule has 0 heterocycles. The largest absolute Gasteiger partial charge is 0.872 e. The smallest absolute Gasteiger partial charge is 0.371 e. The summed E-state index contributed by atoms with van der Waals surface area (Å²) in [7, 11) is 1.28. The number of hydrogen-bond donors (Lipinski definition) is 2. The second kappa shape index (κ2) is 9.02. The van der Waals surface area contributed by atoms with Crippen LogP contribution in [0.15, 0.2) is 30.0 Å². The fraction of sp³-hybridized carbons (Fsp3) is 0.438. The molecule has 0 aliphatic heterocycles. The molecule has 0 atom stereocenters. The van der Waals surface area contributed by atoms with E-state index in [1.54, 1.807) is 0 Å². The maximum Gasteiger partial charge on any atom is 0.371 e. The van der Waals surface area contributed by atoms with Gasteiger partial charge in [-0.25, -0.2) is 4.79 Å². The number of rotatable bonds is 3. The van der Waals surface area contributed by atoms with Crippen molar-refractivity contribution in [1.29, 1.82) is 0 Å². The summed E-state index contributed by atoms with van der Waals surface area (Å²) in [6.07, 6.45) is 8.40. The predicted molar refractivity (Wildman–Crippen MR) is 78.3 cm³/mol. The Morgan fingerprint density at radius 1 is 1.29 bits per heavy atom. The van der Waals surface area contributed by atoms with E-state index in [1.807, 2.05) is 0 Å².